The second kappa shape index (κ2) is 10.1. The molecule has 2 N–H and O–H groups in total. The molecule has 2 heterocycles. The molecule has 1 saturated heterocycles. The summed E-state index contributed by atoms with van der Waals surface area (Å²) < 4.78 is 84.5. The Bertz CT molecular complexity index is 1390. The highest BCUT2D eigenvalue weighted by atomic mass is 32.2. The summed E-state index contributed by atoms with van der Waals surface area (Å²) in [6.07, 6.45) is -0.0794. The van der Waals surface area contributed by atoms with Crippen LogP contribution in [0.1, 0.15) is 36.0 Å². The number of nitrogens with zero attached hydrogens (tertiary/aromatic N) is 3. The molecule has 36 heavy (non-hydrogen) atoms. The topological polar surface area (TPSA) is 105 Å². The Morgan fingerprint density at radius 2 is 1.81 bits per heavy atom. The molecule has 3 aromatic rings. The van der Waals surface area contributed by atoms with Crippen LogP contribution in [0.4, 0.5) is 23.2 Å². The lowest BCUT2D eigenvalue weighted by molar-refractivity contribution is 0.0596. The Labute approximate surface area is 204 Å². The van der Waals surface area contributed by atoms with Crippen molar-refractivity contribution in [1.29, 1.82) is 0 Å². The summed E-state index contributed by atoms with van der Waals surface area (Å²) in [6, 6.07) is 3.55. The highest BCUT2D eigenvalue weighted by Crippen LogP contribution is 2.29. The molecule has 4 rings (SSSR count). The number of rotatable bonds is 4. The Morgan fingerprint density at radius 3 is 2.50 bits per heavy atom. The van der Waals surface area contributed by atoms with E-state index in [2.05, 4.69) is 10.3 Å². The van der Waals surface area contributed by atoms with Gasteiger partial charge < -0.3 is 15.0 Å². The first-order valence-electron chi connectivity index (χ1n) is 11.2. The molecule has 194 valence electrons. The van der Waals surface area contributed by atoms with Crippen molar-refractivity contribution in [2.24, 2.45) is 7.05 Å². The van der Waals surface area contributed by atoms with Gasteiger partial charge in [0.05, 0.1) is 23.5 Å². The smallest absolute Gasteiger partial charge is 0.255 e. The standard InChI is InChI=1S/C23H24F4N4O4S/c1-30-12-28-18-7-13(23(33)29-14-9-16(25)21(27)17(26)10-14)8-20(22(18)30)36(34,35)31-6-4-2-3-5-15(24)19(32)11-31/h7-10,12,15,19,32H,2-6,11H2,1H3,(H,29,33). The monoisotopic (exact) mass is 528 g/mol. The molecule has 2 aromatic carbocycles. The van der Waals surface area contributed by atoms with Crippen molar-refractivity contribution in [2.75, 3.05) is 18.4 Å². The van der Waals surface area contributed by atoms with Gasteiger partial charge in [-0.15, -0.1) is 0 Å². The van der Waals surface area contributed by atoms with Gasteiger partial charge in [0.2, 0.25) is 10.0 Å². The number of aryl methyl sites for hydroxylation is 1. The number of anilines is 1. The quantitative estimate of drug-likeness (QED) is 0.399. The molecule has 0 aliphatic carbocycles. The third-order valence-corrected chi connectivity index (χ3v) is 7.97. The number of aliphatic hydroxyl groups excluding tert-OH is 1. The molecule has 1 amide bonds. The Morgan fingerprint density at radius 1 is 1.11 bits per heavy atom. The number of halogens is 4. The average molecular weight is 529 g/mol. The molecule has 0 bridgehead atoms. The number of aromatic nitrogens is 2. The number of hydrogen-bond donors (Lipinski definition) is 2. The minimum absolute atomic E-state index is 0.0377. The number of β-amino-alcohol motifs (C(OH)–C–C–N with tert-alkyl or cyclic N) is 1. The molecule has 1 fully saturated rings. The molecule has 8 nitrogen and oxygen atoms in total. The van der Waals surface area contributed by atoms with Crippen LogP contribution < -0.4 is 5.32 Å². The first-order chi connectivity index (χ1) is 17.0. The van der Waals surface area contributed by atoms with Gasteiger partial charge in [0.1, 0.15) is 11.1 Å². The van der Waals surface area contributed by atoms with E-state index in [0.29, 0.717) is 31.4 Å². The molecule has 1 aliphatic heterocycles. The lowest BCUT2D eigenvalue weighted by atomic mass is 10.1. The number of nitrogens with one attached hydrogen (secondary N) is 1. The van der Waals surface area contributed by atoms with E-state index < -0.39 is 52.2 Å². The van der Waals surface area contributed by atoms with E-state index in [1.807, 2.05) is 0 Å². The number of carbonyl (C=O) groups excluding carboxylic acids is 1. The molecule has 1 aliphatic rings. The van der Waals surface area contributed by atoms with E-state index in [1.54, 1.807) is 7.05 Å². The first kappa shape index (κ1) is 26.0. The summed E-state index contributed by atoms with van der Waals surface area (Å²) in [5.74, 6) is -5.63. The average Bonchev–Trinajstić information content (AvgIpc) is 3.23. The number of imidazole rings is 1. The number of sulfonamides is 1. The number of amides is 1. The molecular formula is C23H24F4N4O4S. The van der Waals surface area contributed by atoms with Gasteiger partial charge in [0.25, 0.3) is 5.91 Å². The summed E-state index contributed by atoms with van der Waals surface area (Å²) in [7, 11) is -2.79. The van der Waals surface area contributed by atoms with Crippen molar-refractivity contribution in [3.63, 3.8) is 0 Å². The van der Waals surface area contributed by atoms with E-state index in [1.165, 1.54) is 17.0 Å². The fraction of sp³-hybridized carbons (Fsp3) is 0.391. The van der Waals surface area contributed by atoms with Gasteiger partial charge in [-0.25, -0.2) is 31.0 Å². The van der Waals surface area contributed by atoms with E-state index in [0.717, 1.165) is 10.4 Å². The number of alkyl halides is 1. The molecule has 0 saturated carbocycles. The Balaban J connectivity index is 1.75. The van der Waals surface area contributed by atoms with Crippen molar-refractivity contribution < 1.29 is 35.9 Å². The molecule has 13 heteroatoms. The van der Waals surface area contributed by atoms with Crippen LogP contribution in [0.2, 0.25) is 0 Å². The number of carbonyl (C=O) groups is 1. The number of benzene rings is 2. The first-order valence-corrected chi connectivity index (χ1v) is 12.7. The molecule has 2 atom stereocenters. The third-order valence-electron chi connectivity index (χ3n) is 6.09. The maximum Gasteiger partial charge on any atom is 0.255 e. The van der Waals surface area contributed by atoms with Gasteiger partial charge in [-0.2, -0.15) is 4.31 Å². The second-order valence-electron chi connectivity index (χ2n) is 8.70. The highest BCUT2D eigenvalue weighted by molar-refractivity contribution is 7.89. The summed E-state index contributed by atoms with van der Waals surface area (Å²) in [5.41, 5.74) is -0.248. The molecule has 2 unspecified atom stereocenters. The van der Waals surface area contributed by atoms with Crippen LogP contribution in [-0.4, -0.2) is 58.7 Å². The van der Waals surface area contributed by atoms with Gasteiger partial charge in [-0.1, -0.05) is 12.8 Å². The predicted molar refractivity (Wildman–Crippen MR) is 123 cm³/mol. The summed E-state index contributed by atoms with van der Waals surface area (Å²) in [4.78, 5) is 16.7. The van der Waals surface area contributed by atoms with Gasteiger partial charge in [-0.05, 0) is 25.0 Å². The van der Waals surface area contributed by atoms with Crippen molar-refractivity contribution in [3.05, 3.63) is 53.6 Å². The van der Waals surface area contributed by atoms with Crippen LogP contribution in [0.3, 0.4) is 0 Å². The van der Waals surface area contributed by atoms with E-state index in [-0.39, 0.29) is 40.1 Å². The van der Waals surface area contributed by atoms with Crippen LogP contribution in [-0.2, 0) is 17.1 Å². The Kier molecular flexibility index (Phi) is 7.34. The van der Waals surface area contributed by atoms with Crippen LogP contribution >= 0.6 is 0 Å². The van der Waals surface area contributed by atoms with Gasteiger partial charge in [0.15, 0.2) is 17.5 Å². The number of aliphatic hydroxyl groups is 1. The van der Waals surface area contributed by atoms with E-state index >= 15 is 0 Å². The maximum atomic E-state index is 14.3. The van der Waals surface area contributed by atoms with Crippen molar-refractivity contribution in [3.8, 4) is 0 Å². The third kappa shape index (κ3) is 5.08. The molecular weight excluding hydrogens is 504 g/mol. The van der Waals surface area contributed by atoms with Gasteiger partial charge in [-0.3, -0.25) is 4.79 Å². The molecule has 0 spiro atoms. The fourth-order valence-corrected chi connectivity index (χ4v) is 5.95. The van der Waals surface area contributed by atoms with E-state index in [9.17, 15) is 35.9 Å². The number of hydrogen-bond acceptors (Lipinski definition) is 5. The maximum absolute atomic E-state index is 14.3. The van der Waals surface area contributed by atoms with Crippen molar-refractivity contribution in [2.45, 2.75) is 42.9 Å². The highest BCUT2D eigenvalue weighted by Gasteiger charge is 2.33. The number of fused-ring (bicyclic) bond motifs is 1. The van der Waals surface area contributed by atoms with Crippen LogP contribution in [0.5, 0.6) is 0 Å². The lowest BCUT2D eigenvalue weighted by Crippen LogP contribution is -2.41. The van der Waals surface area contributed by atoms with Crippen molar-refractivity contribution in [1.82, 2.24) is 13.9 Å². The summed E-state index contributed by atoms with van der Waals surface area (Å²) in [6.45, 7) is -0.427. The van der Waals surface area contributed by atoms with E-state index in [4.69, 9.17) is 0 Å². The fourth-order valence-electron chi connectivity index (χ4n) is 4.18. The zero-order valence-electron chi connectivity index (χ0n) is 19.2. The normalized spacial score (nSPS) is 20.1. The summed E-state index contributed by atoms with van der Waals surface area (Å²) >= 11 is 0. The zero-order chi connectivity index (χ0) is 26.2. The van der Waals surface area contributed by atoms with Gasteiger partial charge >= 0.3 is 0 Å². The SMILES string of the molecule is Cn1cnc2cc(C(=O)Nc3cc(F)c(F)c(F)c3)cc(S(=O)(=O)N3CCCCCC(F)C(O)C3)c21. The summed E-state index contributed by atoms with van der Waals surface area (Å²) in [5, 5.41) is 12.5. The predicted octanol–water partition coefficient (Wildman–Crippen LogP) is 3.51. The Hall–Kier alpha value is -3.03. The minimum atomic E-state index is -4.34. The second-order valence-corrected chi connectivity index (χ2v) is 10.6. The van der Waals surface area contributed by atoms with Crippen LogP contribution in [0.25, 0.3) is 11.0 Å². The van der Waals surface area contributed by atoms with Crippen molar-refractivity contribution >= 4 is 32.7 Å². The largest absolute Gasteiger partial charge is 0.389 e. The molecule has 0 radical (unpaired) electrons. The van der Waals surface area contributed by atoms with Crippen LogP contribution in [0, 0.1) is 17.5 Å². The van der Waals surface area contributed by atoms with Crippen LogP contribution in [0.15, 0.2) is 35.5 Å². The zero-order valence-corrected chi connectivity index (χ0v) is 20.0. The lowest BCUT2D eigenvalue weighted by Gasteiger charge is -2.25. The molecule has 1 aromatic heterocycles. The van der Waals surface area contributed by atoms with Gasteiger partial charge in [0, 0.05) is 43.5 Å². The minimum Gasteiger partial charge on any atom is -0.389 e.